The Morgan fingerprint density at radius 3 is 2.53 bits per heavy atom. The summed E-state index contributed by atoms with van der Waals surface area (Å²) in [6.45, 7) is 2.81. The van der Waals surface area contributed by atoms with Gasteiger partial charge in [0.2, 0.25) is 5.91 Å². The largest absolute Gasteiger partial charge is 0.394 e. The number of nitrogens with one attached hydrogen (secondary N) is 1. The molecule has 0 spiro atoms. The molecule has 1 heterocycles. The molecule has 1 aliphatic heterocycles. The summed E-state index contributed by atoms with van der Waals surface area (Å²) in [7, 11) is 0. The molecule has 2 fully saturated rings. The zero-order valence-electron chi connectivity index (χ0n) is 10.7. The van der Waals surface area contributed by atoms with Gasteiger partial charge in [-0.3, -0.25) is 4.79 Å². The van der Waals surface area contributed by atoms with Crippen LogP contribution in [0.25, 0.3) is 0 Å². The number of hydrogen-bond donors (Lipinski definition) is 2. The first-order valence-corrected chi connectivity index (χ1v) is 6.90. The van der Waals surface area contributed by atoms with Gasteiger partial charge in [-0.15, -0.1) is 0 Å². The average molecular weight is 240 g/mol. The van der Waals surface area contributed by atoms with Gasteiger partial charge >= 0.3 is 0 Å². The third-order valence-corrected chi connectivity index (χ3v) is 4.09. The maximum atomic E-state index is 12.3. The van der Waals surface area contributed by atoms with Gasteiger partial charge in [-0.2, -0.15) is 0 Å². The summed E-state index contributed by atoms with van der Waals surface area (Å²) in [6.07, 6.45) is 7.34. The maximum absolute atomic E-state index is 12.3. The highest BCUT2D eigenvalue weighted by Crippen LogP contribution is 2.25. The number of piperazine rings is 1. The normalized spacial score (nSPS) is 32.6. The van der Waals surface area contributed by atoms with Gasteiger partial charge in [0.05, 0.1) is 6.61 Å². The van der Waals surface area contributed by atoms with Gasteiger partial charge in [0.1, 0.15) is 6.04 Å². The first-order valence-electron chi connectivity index (χ1n) is 6.90. The van der Waals surface area contributed by atoms with E-state index in [2.05, 4.69) is 12.2 Å². The van der Waals surface area contributed by atoms with Gasteiger partial charge in [-0.05, 0) is 19.8 Å². The first-order chi connectivity index (χ1) is 8.24. The van der Waals surface area contributed by atoms with E-state index in [1.165, 1.54) is 25.7 Å². The zero-order chi connectivity index (χ0) is 12.3. The summed E-state index contributed by atoms with van der Waals surface area (Å²) in [5.74, 6) is 0.0955. The van der Waals surface area contributed by atoms with Gasteiger partial charge in [0, 0.05) is 18.6 Å². The topological polar surface area (TPSA) is 52.6 Å². The standard InChI is InChI=1S/C13H24N2O2/c1-10-8-14-12(9-16)13(17)15(10)11-6-4-2-3-5-7-11/h10-12,14,16H,2-9H2,1H3. The fraction of sp³-hybridized carbons (Fsp3) is 0.923. The Hall–Kier alpha value is -0.610. The van der Waals surface area contributed by atoms with Crippen LogP contribution in [0, 0.1) is 0 Å². The highest BCUT2D eigenvalue weighted by Gasteiger charge is 2.36. The van der Waals surface area contributed by atoms with Crippen molar-refractivity contribution in [2.24, 2.45) is 0 Å². The van der Waals surface area contributed by atoms with E-state index in [0.717, 1.165) is 19.4 Å². The van der Waals surface area contributed by atoms with Crippen LogP contribution < -0.4 is 5.32 Å². The lowest BCUT2D eigenvalue weighted by molar-refractivity contribution is -0.142. The van der Waals surface area contributed by atoms with Crippen LogP contribution >= 0.6 is 0 Å². The van der Waals surface area contributed by atoms with E-state index in [9.17, 15) is 9.90 Å². The van der Waals surface area contributed by atoms with Crippen molar-refractivity contribution in [2.45, 2.75) is 63.6 Å². The van der Waals surface area contributed by atoms with Gasteiger partial charge in [-0.1, -0.05) is 25.7 Å². The van der Waals surface area contributed by atoms with E-state index in [1.807, 2.05) is 4.90 Å². The third-order valence-electron chi connectivity index (χ3n) is 4.09. The fourth-order valence-electron chi connectivity index (χ4n) is 3.11. The van der Waals surface area contributed by atoms with E-state index in [4.69, 9.17) is 0 Å². The molecule has 1 saturated carbocycles. The Bertz CT molecular complexity index is 262. The smallest absolute Gasteiger partial charge is 0.242 e. The van der Waals surface area contributed by atoms with Gasteiger partial charge < -0.3 is 15.3 Å². The zero-order valence-corrected chi connectivity index (χ0v) is 10.7. The number of rotatable bonds is 2. The van der Waals surface area contributed by atoms with Crippen molar-refractivity contribution in [3.05, 3.63) is 0 Å². The van der Waals surface area contributed by atoms with E-state index in [0.29, 0.717) is 6.04 Å². The van der Waals surface area contributed by atoms with Crippen molar-refractivity contribution in [3.8, 4) is 0 Å². The predicted molar refractivity (Wildman–Crippen MR) is 66.7 cm³/mol. The van der Waals surface area contributed by atoms with Crippen molar-refractivity contribution in [1.29, 1.82) is 0 Å². The first kappa shape index (κ1) is 12.8. The average Bonchev–Trinajstić information content (AvgIpc) is 2.58. The van der Waals surface area contributed by atoms with Gasteiger partial charge in [0.15, 0.2) is 0 Å². The molecule has 0 aromatic heterocycles. The van der Waals surface area contributed by atoms with Crippen LogP contribution in [0.1, 0.15) is 45.4 Å². The van der Waals surface area contributed by atoms with Crippen molar-refractivity contribution >= 4 is 5.91 Å². The number of carbonyl (C=O) groups excluding carboxylic acids is 1. The minimum Gasteiger partial charge on any atom is -0.394 e. The monoisotopic (exact) mass is 240 g/mol. The molecule has 0 bridgehead atoms. The predicted octanol–water partition coefficient (Wildman–Crippen LogP) is 0.890. The summed E-state index contributed by atoms with van der Waals surface area (Å²) in [6, 6.07) is 0.277. The van der Waals surface area contributed by atoms with Crippen LogP contribution in [-0.4, -0.2) is 47.2 Å². The molecular weight excluding hydrogens is 216 g/mol. The van der Waals surface area contributed by atoms with Crippen LogP contribution in [-0.2, 0) is 4.79 Å². The number of amides is 1. The van der Waals surface area contributed by atoms with Crippen LogP contribution in [0.3, 0.4) is 0 Å². The summed E-state index contributed by atoms with van der Waals surface area (Å²) >= 11 is 0. The lowest BCUT2D eigenvalue weighted by atomic mass is 10.0. The second kappa shape index (κ2) is 5.83. The summed E-state index contributed by atoms with van der Waals surface area (Å²) in [5, 5.41) is 12.3. The second-order valence-corrected chi connectivity index (χ2v) is 5.38. The van der Waals surface area contributed by atoms with Crippen LogP contribution in [0.15, 0.2) is 0 Å². The molecule has 2 unspecified atom stereocenters. The Balaban J connectivity index is 2.06. The molecule has 2 N–H and O–H groups in total. The maximum Gasteiger partial charge on any atom is 0.242 e. The second-order valence-electron chi connectivity index (χ2n) is 5.38. The fourth-order valence-corrected chi connectivity index (χ4v) is 3.11. The van der Waals surface area contributed by atoms with Gasteiger partial charge in [0.25, 0.3) is 0 Å². The van der Waals surface area contributed by atoms with Crippen molar-refractivity contribution < 1.29 is 9.90 Å². The van der Waals surface area contributed by atoms with Crippen molar-refractivity contribution in [2.75, 3.05) is 13.2 Å². The van der Waals surface area contributed by atoms with E-state index < -0.39 is 0 Å². The van der Waals surface area contributed by atoms with Crippen LogP contribution in [0.2, 0.25) is 0 Å². The number of aliphatic hydroxyl groups is 1. The molecule has 2 rings (SSSR count). The molecule has 0 aromatic rings. The SMILES string of the molecule is CC1CNC(CO)C(=O)N1C1CCCCCC1. The lowest BCUT2D eigenvalue weighted by Crippen LogP contribution is -2.63. The molecular formula is C13H24N2O2. The molecule has 98 valence electrons. The van der Waals surface area contributed by atoms with E-state index in [-0.39, 0.29) is 24.6 Å². The highest BCUT2D eigenvalue weighted by molar-refractivity contribution is 5.83. The Morgan fingerprint density at radius 2 is 1.94 bits per heavy atom. The molecule has 1 saturated heterocycles. The summed E-state index contributed by atoms with van der Waals surface area (Å²) in [4.78, 5) is 14.3. The molecule has 4 nitrogen and oxygen atoms in total. The Morgan fingerprint density at radius 1 is 1.29 bits per heavy atom. The number of carbonyl (C=O) groups is 1. The third kappa shape index (κ3) is 2.80. The minimum atomic E-state index is -0.380. The van der Waals surface area contributed by atoms with Crippen LogP contribution in [0.5, 0.6) is 0 Å². The highest BCUT2D eigenvalue weighted by atomic mass is 16.3. The molecule has 1 amide bonds. The quantitative estimate of drug-likeness (QED) is 0.705. The molecule has 4 heteroatoms. The molecule has 2 atom stereocenters. The van der Waals surface area contributed by atoms with E-state index in [1.54, 1.807) is 0 Å². The number of hydrogen-bond acceptors (Lipinski definition) is 3. The van der Waals surface area contributed by atoms with Gasteiger partial charge in [-0.25, -0.2) is 0 Å². The Kier molecular flexibility index (Phi) is 4.40. The van der Waals surface area contributed by atoms with E-state index >= 15 is 0 Å². The molecule has 0 radical (unpaired) electrons. The summed E-state index contributed by atoms with van der Waals surface area (Å²) in [5.41, 5.74) is 0. The van der Waals surface area contributed by atoms with Crippen molar-refractivity contribution in [3.63, 3.8) is 0 Å². The minimum absolute atomic E-state index is 0.0885. The summed E-state index contributed by atoms with van der Waals surface area (Å²) < 4.78 is 0. The molecule has 2 aliphatic rings. The molecule has 1 aliphatic carbocycles. The molecule has 0 aromatic carbocycles. The number of aliphatic hydroxyl groups excluding tert-OH is 1. The van der Waals surface area contributed by atoms with Crippen molar-refractivity contribution in [1.82, 2.24) is 10.2 Å². The molecule has 17 heavy (non-hydrogen) atoms. The van der Waals surface area contributed by atoms with Crippen LogP contribution in [0.4, 0.5) is 0 Å². The number of nitrogens with zero attached hydrogens (tertiary/aromatic N) is 1. The Labute approximate surface area is 103 Å². The lowest BCUT2D eigenvalue weighted by Gasteiger charge is -2.42.